The molecule has 0 fully saturated rings. The first-order chi connectivity index (χ1) is 8.34. The van der Waals surface area contributed by atoms with Crippen molar-refractivity contribution in [2.24, 2.45) is 0 Å². The Morgan fingerprint density at radius 2 is 1.18 bits per heavy atom. The van der Waals surface area contributed by atoms with Crippen LogP contribution in [-0.2, 0) is 0 Å². The third kappa shape index (κ3) is 3.56. The summed E-state index contributed by atoms with van der Waals surface area (Å²) in [6.45, 7) is 2.06. The molecule has 0 heteroatoms. The zero-order valence-corrected chi connectivity index (χ0v) is 9.70. The molecule has 0 radical (unpaired) electrons. The van der Waals surface area contributed by atoms with Crippen LogP contribution in [0, 0.1) is 30.6 Å². The minimum Gasteiger partial charge on any atom is -0.0622 e. The maximum Gasteiger partial charge on any atom is 0.0255 e. The van der Waals surface area contributed by atoms with Gasteiger partial charge in [-0.3, -0.25) is 0 Å². The van der Waals surface area contributed by atoms with Crippen molar-refractivity contribution in [3.63, 3.8) is 0 Å². The summed E-state index contributed by atoms with van der Waals surface area (Å²) in [5, 5.41) is 0. The molecule has 0 spiro atoms. The average molecular weight is 216 g/mol. The highest BCUT2D eigenvalue weighted by Gasteiger charge is 1.84. The highest BCUT2D eigenvalue weighted by atomic mass is 13.9. The summed E-state index contributed by atoms with van der Waals surface area (Å²) < 4.78 is 0. The minimum absolute atomic E-state index is 0.991. The number of rotatable bonds is 0. The zero-order valence-electron chi connectivity index (χ0n) is 9.70. The van der Waals surface area contributed by atoms with Gasteiger partial charge in [-0.25, -0.2) is 0 Å². The molecule has 0 N–H and O–H groups in total. The summed E-state index contributed by atoms with van der Waals surface area (Å²) >= 11 is 0. The van der Waals surface area contributed by atoms with Gasteiger partial charge in [0.2, 0.25) is 0 Å². The second-order valence-corrected chi connectivity index (χ2v) is 3.73. The molecule has 17 heavy (non-hydrogen) atoms. The lowest BCUT2D eigenvalue weighted by Crippen LogP contribution is -1.74. The Kier molecular flexibility index (Phi) is 3.64. The van der Waals surface area contributed by atoms with E-state index in [0.717, 1.165) is 11.1 Å². The monoisotopic (exact) mass is 216 g/mol. The summed E-state index contributed by atoms with van der Waals surface area (Å²) in [4.78, 5) is 0. The molecule has 0 saturated heterocycles. The highest BCUT2D eigenvalue weighted by Crippen LogP contribution is 2.00. The first-order valence-electron chi connectivity index (χ1n) is 5.48. The molecule has 0 nitrogen and oxygen atoms in total. The molecule has 0 aliphatic carbocycles. The number of benzene rings is 2. The smallest absolute Gasteiger partial charge is 0.0255 e. The zero-order chi connectivity index (χ0) is 11.9. The molecule has 0 aliphatic heterocycles. The third-order valence-electron chi connectivity index (χ3n) is 2.30. The Balaban J connectivity index is 2.09. The molecule has 80 valence electrons. The summed E-state index contributed by atoms with van der Waals surface area (Å²) in [7, 11) is 0. The predicted octanol–water partition coefficient (Wildman–Crippen LogP) is 3.40. The van der Waals surface area contributed by atoms with E-state index in [1.165, 1.54) is 5.56 Å². The molecular formula is C17H12. The van der Waals surface area contributed by atoms with Crippen molar-refractivity contribution in [2.45, 2.75) is 6.92 Å². The molecule has 0 bridgehead atoms. The second-order valence-electron chi connectivity index (χ2n) is 3.73. The molecule has 2 rings (SSSR count). The van der Waals surface area contributed by atoms with Crippen LogP contribution in [0.25, 0.3) is 0 Å². The fourth-order valence-corrected chi connectivity index (χ4v) is 1.37. The van der Waals surface area contributed by atoms with Crippen LogP contribution in [0.5, 0.6) is 0 Å². The third-order valence-corrected chi connectivity index (χ3v) is 2.30. The normalized spacial score (nSPS) is 8.53. The molecule has 2 aromatic carbocycles. The van der Waals surface area contributed by atoms with Crippen molar-refractivity contribution in [1.29, 1.82) is 0 Å². The van der Waals surface area contributed by atoms with Crippen molar-refractivity contribution >= 4 is 0 Å². The first-order valence-corrected chi connectivity index (χ1v) is 5.48. The van der Waals surface area contributed by atoms with Gasteiger partial charge in [0.15, 0.2) is 0 Å². The van der Waals surface area contributed by atoms with Crippen LogP contribution in [0.4, 0.5) is 0 Å². The van der Waals surface area contributed by atoms with E-state index in [1.54, 1.807) is 0 Å². The molecule has 0 amide bonds. The van der Waals surface area contributed by atoms with E-state index in [4.69, 9.17) is 0 Å². The van der Waals surface area contributed by atoms with Gasteiger partial charge < -0.3 is 0 Å². The van der Waals surface area contributed by atoms with E-state index in [1.807, 2.05) is 42.5 Å². The Bertz CT molecular complexity index is 596. The van der Waals surface area contributed by atoms with Crippen LogP contribution in [0.2, 0.25) is 0 Å². The molecule has 0 unspecified atom stereocenters. The van der Waals surface area contributed by atoms with E-state index >= 15 is 0 Å². The van der Waals surface area contributed by atoms with Crippen molar-refractivity contribution < 1.29 is 0 Å². The SMILES string of the molecule is Cc1ccc(C#CC#Cc2ccccc2)cc1. The van der Waals surface area contributed by atoms with Crippen molar-refractivity contribution in [3.8, 4) is 23.7 Å². The Morgan fingerprint density at radius 1 is 0.647 bits per heavy atom. The molecule has 0 aliphatic rings. The number of hydrogen-bond donors (Lipinski definition) is 0. The lowest BCUT2D eigenvalue weighted by atomic mass is 10.1. The van der Waals surface area contributed by atoms with Crippen LogP contribution < -0.4 is 0 Å². The topological polar surface area (TPSA) is 0 Å². The standard InChI is InChI=1S/C17H12/c1-15-11-13-17(14-12-15)10-6-5-9-16-7-3-2-4-8-16/h2-4,7-8,11-14H,1H3. The van der Waals surface area contributed by atoms with Gasteiger partial charge in [0.05, 0.1) is 0 Å². The van der Waals surface area contributed by atoms with E-state index in [0.29, 0.717) is 0 Å². The number of hydrogen-bond acceptors (Lipinski definition) is 0. The van der Waals surface area contributed by atoms with E-state index in [9.17, 15) is 0 Å². The van der Waals surface area contributed by atoms with Gasteiger partial charge >= 0.3 is 0 Å². The Morgan fingerprint density at radius 3 is 1.76 bits per heavy atom. The van der Waals surface area contributed by atoms with Gasteiger partial charge in [0.25, 0.3) is 0 Å². The Hall–Kier alpha value is -2.44. The van der Waals surface area contributed by atoms with Crippen LogP contribution in [0.15, 0.2) is 54.6 Å². The predicted molar refractivity (Wildman–Crippen MR) is 71.4 cm³/mol. The summed E-state index contributed by atoms with van der Waals surface area (Å²) in [5.41, 5.74) is 3.23. The quantitative estimate of drug-likeness (QED) is 0.592. The van der Waals surface area contributed by atoms with Gasteiger partial charge in [-0.05, 0) is 43.0 Å². The maximum absolute atomic E-state index is 3.02. The largest absolute Gasteiger partial charge is 0.0622 e. The van der Waals surface area contributed by atoms with Crippen molar-refractivity contribution in [2.75, 3.05) is 0 Å². The molecule has 0 atom stereocenters. The fraction of sp³-hybridized carbons (Fsp3) is 0.0588. The maximum atomic E-state index is 3.02. The van der Waals surface area contributed by atoms with Crippen molar-refractivity contribution in [3.05, 3.63) is 71.3 Å². The highest BCUT2D eigenvalue weighted by molar-refractivity contribution is 5.44. The summed E-state index contributed by atoms with van der Waals surface area (Å²) in [6, 6.07) is 18.0. The van der Waals surface area contributed by atoms with Crippen LogP contribution in [-0.4, -0.2) is 0 Å². The van der Waals surface area contributed by atoms with Crippen LogP contribution in [0.3, 0.4) is 0 Å². The van der Waals surface area contributed by atoms with E-state index in [2.05, 4.69) is 42.7 Å². The van der Waals surface area contributed by atoms with Gasteiger partial charge in [-0.15, -0.1) is 0 Å². The first kappa shape index (κ1) is 11.1. The van der Waals surface area contributed by atoms with E-state index < -0.39 is 0 Å². The fourth-order valence-electron chi connectivity index (χ4n) is 1.37. The number of aryl methyl sites for hydroxylation is 1. The summed E-state index contributed by atoms with van der Waals surface area (Å²) in [6.07, 6.45) is 0. The van der Waals surface area contributed by atoms with Crippen LogP contribution >= 0.6 is 0 Å². The van der Waals surface area contributed by atoms with Crippen LogP contribution in [0.1, 0.15) is 16.7 Å². The second kappa shape index (κ2) is 5.59. The van der Waals surface area contributed by atoms with Gasteiger partial charge in [0.1, 0.15) is 0 Å². The molecule has 2 aromatic rings. The molecule has 0 aromatic heterocycles. The molecule has 0 heterocycles. The minimum atomic E-state index is 0.991. The molecular weight excluding hydrogens is 204 g/mol. The lowest BCUT2D eigenvalue weighted by Gasteiger charge is -1.90. The summed E-state index contributed by atoms with van der Waals surface area (Å²) in [5.74, 6) is 11.7. The Labute approximate surface area is 102 Å². The average Bonchev–Trinajstić information content (AvgIpc) is 2.38. The molecule has 0 saturated carbocycles. The van der Waals surface area contributed by atoms with Gasteiger partial charge in [-0.1, -0.05) is 47.7 Å². The van der Waals surface area contributed by atoms with Gasteiger partial charge in [0, 0.05) is 11.1 Å². The van der Waals surface area contributed by atoms with Crippen molar-refractivity contribution in [1.82, 2.24) is 0 Å². The lowest BCUT2D eigenvalue weighted by molar-refractivity contribution is 1.46. The van der Waals surface area contributed by atoms with Gasteiger partial charge in [-0.2, -0.15) is 0 Å². The van der Waals surface area contributed by atoms with E-state index in [-0.39, 0.29) is 0 Å².